The van der Waals surface area contributed by atoms with Gasteiger partial charge in [0.25, 0.3) is 5.91 Å². The van der Waals surface area contributed by atoms with Crippen LogP contribution in [-0.4, -0.2) is 42.5 Å². The van der Waals surface area contributed by atoms with Crippen LogP contribution >= 0.6 is 0 Å². The van der Waals surface area contributed by atoms with Gasteiger partial charge in [0.2, 0.25) is 5.91 Å². The Morgan fingerprint density at radius 2 is 2.00 bits per heavy atom. The van der Waals surface area contributed by atoms with Crippen molar-refractivity contribution in [3.05, 3.63) is 35.1 Å². The number of aryl methyl sites for hydroxylation is 1. The Morgan fingerprint density at radius 3 is 2.64 bits per heavy atom. The minimum atomic E-state index is -0.462. The molecule has 0 aliphatic carbocycles. The molecule has 136 valence electrons. The Bertz CT molecular complexity index is 656. The summed E-state index contributed by atoms with van der Waals surface area (Å²) < 4.78 is 19.7. The normalized spacial score (nSPS) is 24.5. The zero-order chi connectivity index (χ0) is 18.0. The number of rotatable bonds is 4. The van der Waals surface area contributed by atoms with Crippen molar-refractivity contribution < 1.29 is 18.7 Å². The molecule has 0 saturated carbocycles. The van der Waals surface area contributed by atoms with E-state index < -0.39 is 5.82 Å². The van der Waals surface area contributed by atoms with Crippen LogP contribution in [0.4, 0.5) is 4.39 Å². The number of likely N-dealkylation sites (tertiary alicyclic amines) is 1. The number of halogens is 1. The lowest BCUT2D eigenvalue weighted by atomic mass is 9.86. The van der Waals surface area contributed by atoms with E-state index in [9.17, 15) is 14.0 Å². The van der Waals surface area contributed by atoms with Crippen LogP contribution in [0.2, 0.25) is 0 Å². The van der Waals surface area contributed by atoms with E-state index in [1.165, 1.54) is 6.07 Å². The van der Waals surface area contributed by atoms with Gasteiger partial charge < -0.3 is 15.4 Å². The second kappa shape index (κ2) is 7.52. The summed E-state index contributed by atoms with van der Waals surface area (Å²) in [7, 11) is 0. The van der Waals surface area contributed by atoms with E-state index in [1.54, 1.807) is 24.0 Å². The first-order valence-corrected chi connectivity index (χ1v) is 8.92. The Kier molecular flexibility index (Phi) is 5.37. The number of hydrogen-bond donors (Lipinski definition) is 1. The molecule has 25 heavy (non-hydrogen) atoms. The van der Waals surface area contributed by atoms with Crippen molar-refractivity contribution >= 4 is 11.8 Å². The van der Waals surface area contributed by atoms with Crippen LogP contribution in [0.1, 0.15) is 41.6 Å². The van der Waals surface area contributed by atoms with E-state index in [2.05, 4.69) is 0 Å². The highest BCUT2D eigenvalue weighted by Gasteiger charge is 2.35. The number of hydrogen-bond acceptors (Lipinski definition) is 3. The first kappa shape index (κ1) is 17.9. The maximum absolute atomic E-state index is 14.0. The number of ether oxygens (including phenoxy) is 1. The molecule has 3 rings (SSSR count). The highest BCUT2D eigenvalue weighted by molar-refractivity contribution is 5.94. The molecule has 2 aliphatic rings. The van der Waals surface area contributed by atoms with E-state index in [0.717, 1.165) is 24.8 Å². The number of piperidine rings is 1. The van der Waals surface area contributed by atoms with Crippen molar-refractivity contribution in [2.24, 2.45) is 17.6 Å². The number of nitrogens with zero attached hydrogens (tertiary/aromatic N) is 1. The molecule has 0 aromatic heterocycles. The third-order valence-electron chi connectivity index (χ3n) is 5.40. The lowest BCUT2D eigenvalue weighted by Crippen LogP contribution is -2.40. The van der Waals surface area contributed by atoms with Gasteiger partial charge in [0.1, 0.15) is 5.82 Å². The highest BCUT2D eigenvalue weighted by atomic mass is 19.1. The molecule has 0 radical (unpaired) electrons. The topological polar surface area (TPSA) is 72.6 Å². The predicted octanol–water partition coefficient (Wildman–Crippen LogP) is 2.27. The second-order valence-corrected chi connectivity index (χ2v) is 7.16. The van der Waals surface area contributed by atoms with Crippen molar-refractivity contribution in [3.63, 3.8) is 0 Å². The maximum Gasteiger partial charge on any atom is 0.256 e. The van der Waals surface area contributed by atoms with Crippen molar-refractivity contribution in [2.75, 3.05) is 19.7 Å². The molecular weight excluding hydrogens is 323 g/mol. The van der Waals surface area contributed by atoms with Crippen LogP contribution in [0.25, 0.3) is 0 Å². The fraction of sp³-hybridized carbons (Fsp3) is 0.579. The van der Waals surface area contributed by atoms with Gasteiger partial charge in [-0.25, -0.2) is 4.39 Å². The zero-order valence-electron chi connectivity index (χ0n) is 14.5. The fourth-order valence-corrected chi connectivity index (χ4v) is 3.87. The van der Waals surface area contributed by atoms with E-state index >= 15 is 0 Å². The summed E-state index contributed by atoms with van der Waals surface area (Å²) in [5.41, 5.74) is 6.37. The smallest absolute Gasteiger partial charge is 0.256 e. The van der Waals surface area contributed by atoms with Gasteiger partial charge in [0, 0.05) is 19.7 Å². The number of carbonyl (C=O) groups excluding carboxylic acids is 2. The molecule has 2 fully saturated rings. The van der Waals surface area contributed by atoms with Gasteiger partial charge >= 0.3 is 0 Å². The molecule has 5 nitrogen and oxygen atoms in total. The van der Waals surface area contributed by atoms with Gasteiger partial charge in [-0.05, 0) is 56.2 Å². The molecule has 0 spiro atoms. The molecule has 2 atom stereocenters. The summed E-state index contributed by atoms with van der Waals surface area (Å²) in [5, 5.41) is 0. The molecular formula is C19H25FN2O3. The van der Waals surface area contributed by atoms with E-state index in [-0.39, 0.29) is 29.4 Å². The highest BCUT2D eigenvalue weighted by Crippen LogP contribution is 2.31. The lowest BCUT2D eigenvalue weighted by Gasteiger charge is -2.33. The minimum absolute atomic E-state index is 0.0979. The van der Waals surface area contributed by atoms with Crippen LogP contribution in [0, 0.1) is 24.6 Å². The van der Waals surface area contributed by atoms with Gasteiger partial charge in [-0.1, -0.05) is 6.07 Å². The van der Waals surface area contributed by atoms with Gasteiger partial charge in [0.05, 0.1) is 17.6 Å². The van der Waals surface area contributed by atoms with Crippen LogP contribution in [0.5, 0.6) is 0 Å². The molecule has 2 aliphatic heterocycles. The number of nitrogens with two attached hydrogens (primary N) is 1. The van der Waals surface area contributed by atoms with Gasteiger partial charge in [-0.3, -0.25) is 9.59 Å². The SMILES string of the molecule is Cc1ccc(C(=O)N2CCC(C[C@H]3OCC[C@H]3C(N)=O)CC2)c(F)c1. The fourth-order valence-electron chi connectivity index (χ4n) is 3.87. The van der Waals surface area contributed by atoms with E-state index in [1.807, 2.05) is 0 Å². The molecule has 6 heteroatoms. The number of benzene rings is 1. The molecule has 2 saturated heterocycles. The minimum Gasteiger partial charge on any atom is -0.377 e. The Labute approximate surface area is 147 Å². The van der Waals surface area contributed by atoms with Gasteiger partial charge in [-0.2, -0.15) is 0 Å². The average molecular weight is 348 g/mol. The molecule has 1 aromatic carbocycles. The van der Waals surface area contributed by atoms with E-state index in [0.29, 0.717) is 32.0 Å². The summed E-state index contributed by atoms with van der Waals surface area (Å²) in [4.78, 5) is 25.7. The number of amides is 2. The monoisotopic (exact) mass is 348 g/mol. The standard InChI is InChI=1S/C19H25FN2O3/c1-12-2-3-14(16(20)10-12)19(24)22-7-4-13(5-8-22)11-17-15(18(21)23)6-9-25-17/h2-3,10,13,15,17H,4-9,11H2,1H3,(H2,21,23)/t15-,17-/m1/s1. The summed E-state index contributed by atoms with van der Waals surface area (Å²) >= 11 is 0. The number of primary amides is 1. The van der Waals surface area contributed by atoms with Crippen molar-refractivity contribution in [1.82, 2.24) is 4.90 Å². The third kappa shape index (κ3) is 4.00. The van der Waals surface area contributed by atoms with Gasteiger partial charge in [-0.15, -0.1) is 0 Å². The number of carbonyl (C=O) groups is 2. The quantitative estimate of drug-likeness (QED) is 0.907. The summed E-state index contributed by atoms with van der Waals surface area (Å²) in [5.74, 6) is -0.790. The average Bonchev–Trinajstić information content (AvgIpc) is 3.03. The molecule has 0 unspecified atom stereocenters. The maximum atomic E-state index is 14.0. The van der Waals surface area contributed by atoms with Crippen LogP contribution in [-0.2, 0) is 9.53 Å². The van der Waals surface area contributed by atoms with E-state index in [4.69, 9.17) is 10.5 Å². The Morgan fingerprint density at radius 1 is 1.28 bits per heavy atom. The third-order valence-corrected chi connectivity index (χ3v) is 5.40. The molecule has 0 bridgehead atoms. The van der Waals surface area contributed by atoms with Gasteiger partial charge in [0.15, 0.2) is 0 Å². The van der Waals surface area contributed by atoms with Crippen molar-refractivity contribution in [3.8, 4) is 0 Å². The summed E-state index contributed by atoms with van der Waals surface area (Å²) in [6.45, 7) is 3.59. The van der Waals surface area contributed by atoms with Crippen LogP contribution < -0.4 is 5.73 Å². The van der Waals surface area contributed by atoms with Crippen LogP contribution in [0.15, 0.2) is 18.2 Å². The largest absolute Gasteiger partial charge is 0.377 e. The molecule has 2 heterocycles. The summed E-state index contributed by atoms with van der Waals surface area (Å²) in [6, 6.07) is 4.70. The Balaban J connectivity index is 1.55. The second-order valence-electron chi connectivity index (χ2n) is 7.16. The summed E-state index contributed by atoms with van der Waals surface area (Å²) in [6.07, 6.45) is 3.08. The molecule has 2 N–H and O–H groups in total. The zero-order valence-corrected chi connectivity index (χ0v) is 14.5. The lowest BCUT2D eigenvalue weighted by molar-refractivity contribution is -0.123. The predicted molar refractivity (Wildman–Crippen MR) is 91.4 cm³/mol. The van der Waals surface area contributed by atoms with Crippen LogP contribution in [0.3, 0.4) is 0 Å². The Hall–Kier alpha value is -1.95. The first-order valence-electron chi connectivity index (χ1n) is 8.92. The molecule has 1 aromatic rings. The first-order chi connectivity index (χ1) is 12.0. The van der Waals surface area contributed by atoms with Crippen molar-refractivity contribution in [1.29, 1.82) is 0 Å². The van der Waals surface area contributed by atoms with Crippen molar-refractivity contribution in [2.45, 2.75) is 38.7 Å². The molecule has 2 amide bonds.